The van der Waals surface area contributed by atoms with Crippen LogP contribution in [0.5, 0.6) is 0 Å². The van der Waals surface area contributed by atoms with E-state index >= 15 is 0 Å². The Morgan fingerprint density at radius 3 is 2.91 bits per heavy atom. The fourth-order valence-corrected chi connectivity index (χ4v) is 3.87. The number of imide groups is 1. The van der Waals surface area contributed by atoms with Crippen LogP contribution in [0, 0.1) is 0 Å². The van der Waals surface area contributed by atoms with Gasteiger partial charge in [-0.1, -0.05) is 5.21 Å². The van der Waals surface area contributed by atoms with Crippen LogP contribution in [0.15, 0.2) is 35.2 Å². The first-order chi connectivity index (χ1) is 15.5. The molecule has 4 heterocycles. The van der Waals surface area contributed by atoms with E-state index in [1.165, 1.54) is 16.7 Å². The molecule has 5 rings (SSSR count). The average molecular weight is 436 g/mol. The highest BCUT2D eigenvalue weighted by atomic mass is 16.5. The number of esters is 1. The number of benzene rings is 1. The van der Waals surface area contributed by atoms with Crippen LogP contribution in [-0.2, 0) is 20.9 Å². The van der Waals surface area contributed by atoms with Crippen LogP contribution in [-0.4, -0.2) is 61.7 Å². The van der Waals surface area contributed by atoms with Gasteiger partial charge in [0, 0.05) is 18.5 Å². The number of piperidine rings is 1. The number of nitrogens with one attached hydrogen (secondary N) is 1. The van der Waals surface area contributed by atoms with Gasteiger partial charge in [0.15, 0.2) is 6.39 Å². The minimum absolute atomic E-state index is 0.0843. The Morgan fingerprint density at radius 1 is 1.28 bits per heavy atom. The van der Waals surface area contributed by atoms with E-state index in [4.69, 9.17) is 4.42 Å². The standard InChI is InChI=1S/C20H16N6O6/c1-31-20(30)17-16(21-9-32-17)13-8-26(24-23-13)11-2-3-12-10(6-11)7-25(19(12)29)14-4-5-15(27)22-18(14)28/h2-3,6,8-9,14H,4-5,7H2,1H3,(H,22,27,28). The Balaban J connectivity index is 1.41. The zero-order valence-corrected chi connectivity index (χ0v) is 16.8. The molecule has 2 aromatic heterocycles. The summed E-state index contributed by atoms with van der Waals surface area (Å²) in [5, 5.41) is 10.4. The first-order valence-corrected chi connectivity index (χ1v) is 9.68. The number of carbonyl (C=O) groups excluding carboxylic acids is 4. The summed E-state index contributed by atoms with van der Waals surface area (Å²) >= 11 is 0. The van der Waals surface area contributed by atoms with Crippen molar-refractivity contribution in [2.24, 2.45) is 0 Å². The van der Waals surface area contributed by atoms with Crippen LogP contribution >= 0.6 is 0 Å². The summed E-state index contributed by atoms with van der Waals surface area (Å²) in [7, 11) is 1.23. The lowest BCUT2D eigenvalue weighted by molar-refractivity contribution is -0.136. The second kappa shape index (κ2) is 7.41. The molecule has 32 heavy (non-hydrogen) atoms. The van der Waals surface area contributed by atoms with Crippen molar-refractivity contribution >= 4 is 23.7 Å². The number of rotatable bonds is 4. The maximum absolute atomic E-state index is 12.8. The zero-order chi connectivity index (χ0) is 22.4. The minimum atomic E-state index is -0.684. The number of methoxy groups -OCH3 is 1. The molecule has 3 amide bonds. The molecule has 12 heteroatoms. The van der Waals surface area contributed by atoms with Crippen LogP contribution < -0.4 is 5.32 Å². The van der Waals surface area contributed by atoms with Gasteiger partial charge in [-0.15, -0.1) is 5.10 Å². The van der Waals surface area contributed by atoms with E-state index in [2.05, 4.69) is 25.3 Å². The smallest absolute Gasteiger partial charge is 0.376 e. The van der Waals surface area contributed by atoms with Crippen molar-refractivity contribution in [3.05, 3.63) is 47.7 Å². The molecule has 0 aliphatic carbocycles. The third-order valence-corrected chi connectivity index (χ3v) is 5.45. The maximum atomic E-state index is 12.8. The normalized spacial score (nSPS) is 18.0. The maximum Gasteiger partial charge on any atom is 0.376 e. The molecule has 1 aromatic carbocycles. The predicted octanol–water partition coefficient (Wildman–Crippen LogP) is 0.470. The molecular weight excluding hydrogens is 420 g/mol. The highest BCUT2D eigenvalue weighted by Gasteiger charge is 2.39. The summed E-state index contributed by atoms with van der Waals surface area (Å²) in [6.45, 7) is 0.242. The molecule has 0 bridgehead atoms. The van der Waals surface area contributed by atoms with Crippen molar-refractivity contribution < 1.29 is 28.3 Å². The van der Waals surface area contributed by atoms with Crippen LogP contribution in [0.1, 0.15) is 39.3 Å². The van der Waals surface area contributed by atoms with E-state index in [-0.39, 0.29) is 36.2 Å². The quantitative estimate of drug-likeness (QED) is 0.455. The lowest BCUT2D eigenvalue weighted by Gasteiger charge is -2.29. The van der Waals surface area contributed by atoms with Gasteiger partial charge in [0.1, 0.15) is 17.4 Å². The summed E-state index contributed by atoms with van der Waals surface area (Å²) in [6.07, 6.45) is 3.18. The largest absolute Gasteiger partial charge is 0.463 e. The molecule has 1 fully saturated rings. The van der Waals surface area contributed by atoms with Crippen LogP contribution in [0.3, 0.4) is 0 Å². The Kier molecular flexibility index (Phi) is 4.54. The second-order valence-electron chi connectivity index (χ2n) is 7.31. The lowest BCUT2D eigenvalue weighted by Crippen LogP contribution is -2.52. The molecule has 3 aromatic rings. The summed E-state index contributed by atoms with van der Waals surface area (Å²) in [4.78, 5) is 53.7. The van der Waals surface area contributed by atoms with Gasteiger partial charge < -0.3 is 14.1 Å². The van der Waals surface area contributed by atoms with E-state index in [1.54, 1.807) is 24.4 Å². The number of hydrogen-bond donors (Lipinski definition) is 1. The van der Waals surface area contributed by atoms with E-state index in [1.807, 2.05) is 0 Å². The predicted molar refractivity (Wildman–Crippen MR) is 104 cm³/mol. The SMILES string of the molecule is COC(=O)c1ocnc1-c1cn(-c2ccc3c(c2)CN(C2CCC(=O)NC2=O)C3=O)nn1. The van der Waals surface area contributed by atoms with Gasteiger partial charge in [-0.25, -0.2) is 14.5 Å². The third-order valence-electron chi connectivity index (χ3n) is 5.45. The van der Waals surface area contributed by atoms with Gasteiger partial charge in [-0.2, -0.15) is 0 Å². The molecule has 2 aliphatic heterocycles. The van der Waals surface area contributed by atoms with Crippen molar-refractivity contribution in [3.63, 3.8) is 0 Å². The average Bonchev–Trinajstić information content (AvgIpc) is 3.52. The second-order valence-corrected chi connectivity index (χ2v) is 7.31. The van der Waals surface area contributed by atoms with Gasteiger partial charge in [-0.3, -0.25) is 19.7 Å². The van der Waals surface area contributed by atoms with Gasteiger partial charge >= 0.3 is 5.97 Å². The third kappa shape index (κ3) is 3.12. The van der Waals surface area contributed by atoms with Crippen LogP contribution in [0.4, 0.5) is 0 Å². The van der Waals surface area contributed by atoms with Crippen molar-refractivity contribution in [2.45, 2.75) is 25.4 Å². The molecule has 162 valence electrons. The van der Waals surface area contributed by atoms with Crippen molar-refractivity contribution in [3.8, 4) is 17.1 Å². The molecule has 0 spiro atoms. The van der Waals surface area contributed by atoms with E-state index in [9.17, 15) is 19.2 Å². The summed E-state index contributed by atoms with van der Waals surface area (Å²) in [5.74, 6) is -1.82. The number of oxazole rings is 1. The molecule has 12 nitrogen and oxygen atoms in total. The Bertz CT molecular complexity index is 1280. The number of hydrogen-bond acceptors (Lipinski definition) is 9. The molecular formula is C20H16N6O6. The molecule has 1 N–H and O–H groups in total. The summed E-state index contributed by atoms with van der Waals surface area (Å²) in [6, 6.07) is 4.46. The van der Waals surface area contributed by atoms with Crippen LogP contribution in [0.2, 0.25) is 0 Å². The molecule has 2 aliphatic rings. The van der Waals surface area contributed by atoms with E-state index < -0.39 is 17.9 Å². The topological polar surface area (TPSA) is 150 Å². The number of ether oxygens (including phenoxy) is 1. The number of aromatic nitrogens is 4. The number of nitrogens with zero attached hydrogens (tertiary/aromatic N) is 5. The number of amides is 3. The van der Waals surface area contributed by atoms with Gasteiger partial charge in [0.2, 0.25) is 17.6 Å². The van der Waals surface area contributed by atoms with Crippen molar-refractivity contribution in [1.29, 1.82) is 0 Å². The summed E-state index contributed by atoms with van der Waals surface area (Å²) in [5.41, 5.74) is 2.35. The Morgan fingerprint density at radius 2 is 2.12 bits per heavy atom. The first-order valence-electron chi connectivity index (χ1n) is 9.68. The fraction of sp³-hybridized carbons (Fsp3) is 0.250. The zero-order valence-electron chi connectivity index (χ0n) is 16.8. The number of fused-ring (bicyclic) bond motifs is 1. The first kappa shape index (κ1) is 19.6. The van der Waals surface area contributed by atoms with Crippen LogP contribution in [0.25, 0.3) is 17.1 Å². The van der Waals surface area contributed by atoms with Gasteiger partial charge in [0.25, 0.3) is 5.91 Å². The molecule has 1 saturated heterocycles. The van der Waals surface area contributed by atoms with Crippen molar-refractivity contribution in [1.82, 2.24) is 30.2 Å². The molecule has 0 saturated carbocycles. The number of carbonyl (C=O) groups is 4. The Labute approximate surface area is 180 Å². The molecule has 1 unspecified atom stereocenters. The molecule has 0 radical (unpaired) electrons. The van der Waals surface area contributed by atoms with Gasteiger partial charge in [0.05, 0.1) is 19.0 Å². The Hall–Kier alpha value is -4.35. The van der Waals surface area contributed by atoms with Gasteiger partial charge in [-0.05, 0) is 30.2 Å². The minimum Gasteiger partial charge on any atom is -0.463 e. The molecule has 1 atom stereocenters. The highest BCUT2D eigenvalue weighted by molar-refractivity contribution is 6.05. The van der Waals surface area contributed by atoms with E-state index in [0.29, 0.717) is 23.4 Å². The van der Waals surface area contributed by atoms with Crippen molar-refractivity contribution in [2.75, 3.05) is 7.11 Å². The monoisotopic (exact) mass is 436 g/mol. The lowest BCUT2D eigenvalue weighted by atomic mass is 10.0. The van der Waals surface area contributed by atoms with E-state index in [0.717, 1.165) is 12.0 Å². The fourth-order valence-electron chi connectivity index (χ4n) is 3.87. The highest BCUT2D eigenvalue weighted by Crippen LogP contribution is 2.29. The summed E-state index contributed by atoms with van der Waals surface area (Å²) < 4.78 is 11.2.